The predicted molar refractivity (Wildman–Crippen MR) is 74.8 cm³/mol. The Morgan fingerprint density at radius 1 is 1.35 bits per heavy atom. The Morgan fingerprint density at radius 2 is 2.05 bits per heavy atom. The Hall–Kier alpha value is -2.22. The fraction of sp³-hybridized carbons (Fsp3) is 0.250. The van der Waals surface area contributed by atoms with Crippen molar-refractivity contribution in [1.82, 2.24) is 15.2 Å². The smallest absolute Gasteiger partial charge is 0.321 e. The van der Waals surface area contributed by atoms with Crippen LogP contribution in [0.5, 0.6) is 11.5 Å². The zero-order chi connectivity index (χ0) is 14.4. The van der Waals surface area contributed by atoms with E-state index in [4.69, 9.17) is 15.2 Å². The number of ether oxygens (including phenoxy) is 2. The van der Waals surface area contributed by atoms with Crippen LogP contribution in [0.15, 0.2) is 29.4 Å². The molecule has 0 amide bonds. The van der Waals surface area contributed by atoms with Crippen molar-refractivity contribution >= 4 is 23.7 Å². The van der Waals surface area contributed by atoms with Crippen molar-refractivity contribution in [3.63, 3.8) is 0 Å². The lowest BCUT2D eigenvalue weighted by Crippen LogP contribution is -2.10. The Balaban J connectivity index is 1.81. The van der Waals surface area contributed by atoms with Gasteiger partial charge in [-0.15, -0.1) is 5.10 Å². The Morgan fingerprint density at radius 3 is 2.65 bits per heavy atom. The molecule has 3 N–H and O–H groups in total. The van der Waals surface area contributed by atoms with Gasteiger partial charge in [-0.25, -0.2) is 5.10 Å². The number of nitrogens with one attached hydrogen (secondary N) is 1. The van der Waals surface area contributed by atoms with Gasteiger partial charge in [-0.1, -0.05) is 11.8 Å². The van der Waals surface area contributed by atoms with Crippen molar-refractivity contribution in [1.29, 1.82) is 0 Å². The third-order valence-electron chi connectivity index (χ3n) is 2.17. The summed E-state index contributed by atoms with van der Waals surface area (Å²) in [6.07, 6.45) is 0. The van der Waals surface area contributed by atoms with Crippen LogP contribution in [0.25, 0.3) is 0 Å². The van der Waals surface area contributed by atoms with E-state index in [9.17, 15) is 4.79 Å². The van der Waals surface area contributed by atoms with E-state index in [2.05, 4.69) is 15.2 Å². The summed E-state index contributed by atoms with van der Waals surface area (Å²) in [5.74, 6) is 1.13. The first kappa shape index (κ1) is 14.2. The largest absolute Gasteiger partial charge is 0.494 e. The molecule has 1 heterocycles. The number of rotatable bonds is 6. The number of aromatic nitrogens is 3. The van der Waals surface area contributed by atoms with Gasteiger partial charge < -0.3 is 15.2 Å². The van der Waals surface area contributed by atoms with E-state index in [1.54, 1.807) is 24.3 Å². The van der Waals surface area contributed by atoms with Crippen LogP contribution in [0.4, 0.5) is 5.95 Å². The molecular weight excluding hydrogens is 280 g/mol. The molecule has 0 bridgehead atoms. The minimum Gasteiger partial charge on any atom is -0.494 e. The van der Waals surface area contributed by atoms with Crippen LogP contribution in [0.1, 0.15) is 6.92 Å². The summed E-state index contributed by atoms with van der Waals surface area (Å²) in [5, 5.41) is 6.70. The number of thioether (sulfide) groups is 1. The number of benzene rings is 1. The van der Waals surface area contributed by atoms with Crippen molar-refractivity contribution < 1.29 is 14.3 Å². The van der Waals surface area contributed by atoms with Gasteiger partial charge in [-0.2, -0.15) is 4.98 Å². The highest BCUT2D eigenvalue weighted by atomic mass is 32.2. The zero-order valence-electron chi connectivity index (χ0n) is 10.8. The van der Waals surface area contributed by atoms with E-state index < -0.39 is 0 Å². The molecule has 0 fully saturated rings. The second kappa shape index (κ2) is 6.80. The number of hydrogen-bond acceptors (Lipinski definition) is 7. The molecule has 2 aromatic rings. The highest BCUT2D eigenvalue weighted by molar-refractivity contribution is 7.99. The Labute approximate surface area is 119 Å². The standard InChI is InChI=1S/C12H14N4O3S/c1-2-18-8-3-5-9(6-4-8)19-10(17)7-20-12-14-11(13)15-16-12/h3-6H,2,7H2,1H3,(H3,13,14,15,16). The van der Waals surface area contributed by atoms with Gasteiger partial charge >= 0.3 is 5.97 Å². The van der Waals surface area contributed by atoms with Crippen LogP contribution in [-0.4, -0.2) is 33.5 Å². The SMILES string of the molecule is CCOc1ccc(OC(=O)CSc2n[nH]c(N)n2)cc1. The second-order valence-corrected chi connectivity index (χ2v) is 4.61. The maximum atomic E-state index is 11.6. The molecule has 0 aliphatic carbocycles. The quantitative estimate of drug-likeness (QED) is 0.472. The summed E-state index contributed by atoms with van der Waals surface area (Å²) < 4.78 is 10.5. The summed E-state index contributed by atoms with van der Waals surface area (Å²) >= 11 is 1.15. The highest BCUT2D eigenvalue weighted by Crippen LogP contribution is 2.19. The van der Waals surface area contributed by atoms with Gasteiger partial charge in [0, 0.05) is 0 Å². The lowest BCUT2D eigenvalue weighted by Gasteiger charge is -2.05. The van der Waals surface area contributed by atoms with Crippen LogP contribution >= 0.6 is 11.8 Å². The summed E-state index contributed by atoms with van der Waals surface area (Å²) in [7, 11) is 0. The van der Waals surface area contributed by atoms with E-state index in [1.165, 1.54) is 0 Å². The van der Waals surface area contributed by atoms with Gasteiger partial charge in [0.05, 0.1) is 12.4 Å². The van der Waals surface area contributed by atoms with Gasteiger partial charge in [0.15, 0.2) is 0 Å². The van der Waals surface area contributed by atoms with E-state index in [1.807, 2.05) is 6.92 Å². The second-order valence-electron chi connectivity index (χ2n) is 3.67. The first-order chi connectivity index (χ1) is 9.67. The minimum atomic E-state index is -0.387. The number of nitrogens with zero attached hydrogens (tertiary/aromatic N) is 2. The molecule has 1 aromatic carbocycles. The van der Waals surface area contributed by atoms with Crippen molar-refractivity contribution in [2.45, 2.75) is 12.1 Å². The number of anilines is 1. The van der Waals surface area contributed by atoms with Crippen LogP contribution in [-0.2, 0) is 4.79 Å². The molecule has 0 spiro atoms. The van der Waals surface area contributed by atoms with Gasteiger partial charge in [0.2, 0.25) is 11.1 Å². The topological polar surface area (TPSA) is 103 Å². The molecule has 0 radical (unpaired) electrons. The van der Waals surface area contributed by atoms with Crippen molar-refractivity contribution in [3.8, 4) is 11.5 Å². The fourth-order valence-corrected chi connectivity index (χ4v) is 1.96. The van der Waals surface area contributed by atoms with E-state index in [0.29, 0.717) is 17.5 Å². The van der Waals surface area contributed by atoms with Gasteiger partial charge in [-0.05, 0) is 31.2 Å². The molecule has 0 saturated carbocycles. The van der Waals surface area contributed by atoms with Crippen molar-refractivity contribution in [2.24, 2.45) is 0 Å². The fourth-order valence-electron chi connectivity index (χ4n) is 1.38. The number of carbonyl (C=O) groups excluding carboxylic acids is 1. The number of carbonyl (C=O) groups is 1. The lowest BCUT2D eigenvalue weighted by molar-refractivity contribution is -0.131. The molecule has 0 saturated heterocycles. The van der Waals surface area contributed by atoms with Crippen LogP contribution in [0.2, 0.25) is 0 Å². The number of aromatic amines is 1. The number of H-pyrrole nitrogens is 1. The molecule has 1 aromatic heterocycles. The van der Waals surface area contributed by atoms with E-state index in [-0.39, 0.29) is 17.7 Å². The Bertz CT molecular complexity index is 570. The average Bonchev–Trinajstić information content (AvgIpc) is 2.85. The molecule has 0 aliphatic rings. The molecule has 20 heavy (non-hydrogen) atoms. The van der Waals surface area contributed by atoms with Gasteiger partial charge in [0.25, 0.3) is 0 Å². The van der Waals surface area contributed by atoms with Crippen molar-refractivity contribution in [3.05, 3.63) is 24.3 Å². The summed E-state index contributed by atoms with van der Waals surface area (Å²) in [6, 6.07) is 6.85. The first-order valence-electron chi connectivity index (χ1n) is 5.91. The third kappa shape index (κ3) is 4.16. The van der Waals surface area contributed by atoms with Crippen LogP contribution in [0.3, 0.4) is 0 Å². The number of nitrogen functional groups attached to an aromatic ring is 1. The summed E-state index contributed by atoms with van der Waals surface area (Å²) in [6.45, 7) is 2.50. The normalized spacial score (nSPS) is 10.2. The van der Waals surface area contributed by atoms with Crippen LogP contribution < -0.4 is 15.2 Å². The molecule has 0 atom stereocenters. The maximum absolute atomic E-state index is 11.6. The molecule has 7 nitrogen and oxygen atoms in total. The first-order valence-corrected chi connectivity index (χ1v) is 6.90. The summed E-state index contributed by atoms with van der Waals surface area (Å²) in [4.78, 5) is 15.5. The molecule has 0 aliphatic heterocycles. The zero-order valence-corrected chi connectivity index (χ0v) is 11.6. The number of nitrogens with two attached hydrogens (primary N) is 1. The molecule has 2 rings (SSSR count). The van der Waals surface area contributed by atoms with Crippen molar-refractivity contribution in [2.75, 3.05) is 18.1 Å². The van der Waals surface area contributed by atoms with E-state index >= 15 is 0 Å². The number of esters is 1. The van der Waals surface area contributed by atoms with Gasteiger partial charge in [0.1, 0.15) is 11.5 Å². The maximum Gasteiger partial charge on any atom is 0.321 e. The van der Waals surface area contributed by atoms with E-state index in [0.717, 1.165) is 17.5 Å². The van der Waals surface area contributed by atoms with Crippen LogP contribution in [0, 0.1) is 0 Å². The number of hydrogen-bond donors (Lipinski definition) is 2. The molecular formula is C12H14N4O3S. The predicted octanol–water partition coefficient (Wildman–Crippen LogP) is 1.48. The molecule has 8 heteroatoms. The Kier molecular flexibility index (Phi) is 4.83. The highest BCUT2D eigenvalue weighted by Gasteiger charge is 2.09. The third-order valence-corrected chi connectivity index (χ3v) is 2.99. The molecule has 106 valence electrons. The average molecular weight is 294 g/mol. The monoisotopic (exact) mass is 294 g/mol. The van der Waals surface area contributed by atoms with Gasteiger partial charge in [-0.3, -0.25) is 4.79 Å². The summed E-state index contributed by atoms with van der Waals surface area (Å²) in [5.41, 5.74) is 5.38. The molecule has 0 unspecified atom stereocenters. The lowest BCUT2D eigenvalue weighted by atomic mass is 10.3. The minimum absolute atomic E-state index is 0.102.